The van der Waals surface area contributed by atoms with Gasteiger partial charge in [0.1, 0.15) is 11.3 Å². The smallest absolute Gasteiger partial charge is 0.261 e. The minimum absolute atomic E-state index is 0.191. The first-order valence-corrected chi connectivity index (χ1v) is 10.2. The number of fused-ring (bicyclic) bond motifs is 1. The van der Waals surface area contributed by atoms with Crippen LogP contribution in [0.3, 0.4) is 0 Å². The molecule has 152 valence electrons. The second-order valence-corrected chi connectivity index (χ2v) is 7.52. The van der Waals surface area contributed by atoms with Gasteiger partial charge in [-0.2, -0.15) is 14.0 Å². The lowest BCUT2D eigenvalue weighted by Crippen LogP contribution is -2.14. The molecule has 2 aromatic heterocycles. The van der Waals surface area contributed by atoms with Crippen LogP contribution in [0, 0.1) is 12.9 Å². The third-order valence-electron chi connectivity index (χ3n) is 5.02. The maximum Gasteiger partial charge on any atom is 0.261 e. The molecule has 1 aliphatic rings. The number of carbonyl (C=O) groups excluding carboxylic acids is 1. The van der Waals surface area contributed by atoms with Gasteiger partial charge in [0.25, 0.3) is 5.91 Å². The van der Waals surface area contributed by atoms with Gasteiger partial charge >= 0.3 is 0 Å². The fourth-order valence-corrected chi connectivity index (χ4v) is 3.34. The molecule has 0 aliphatic heterocycles. The van der Waals surface area contributed by atoms with Crippen molar-refractivity contribution >= 4 is 17.2 Å². The van der Waals surface area contributed by atoms with Crippen molar-refractivity contribution in [2.24, 2.45) is 0 Å². The third-order valence-corrected chi connectivity index (χ3v) is 5.02. The van der Waals surface area contributed by atoms with Gasteiger partial charge in [0, 0.05) is 23.4 Å². The summed E-state index contributed by atoms with van der Waals surface area (Å²) >= 11 is 0. The fraction of sp³-hybridized carbons (Fsp3) is 0.409. The van der Waals surface area contributed by atoms with E-state index < -0.39 is 5.95 Å². The summed E-state index contributed by atoms with van der Waals surface area (Å²) in [5.74, 6) is 0.123. The number of nitrogens with zero attached hydrogens (tertiary/aromatic N) is 3. The summed E-state index contributed by atoms with van der Waals surface area (Å²) in [7, 11) is 0. The second-order valence-electron chi connectivity index (χ2n) is 7.52. The van der Waals surface area contributed by atoms with Crippen LogP contribution in [0.25, 0.3) is 5.65 Å². The largest absolute Gasteiger partial charge is 0.494 e. The molecule has 7 heteroatoms. The van der Waals surface area contributed by atoms with Gasteiger partial charge in [0.05, 0.1) is 12.3 Å². The van der Waals surface area contributed by atoms with Gasteiger partial charge in [-0.15, -0.1) is 0 Å². The zero-order chi connectivity index (χ0) is 20.4. The van der Waals surface area contributed by atoms with Gasteiger partial charge in [0.2, 0.25) is 5.95 Å². The predicted octanol–water partition coefficient (Wildman–Crippen LogP) is 4.88. The van der Waals surface area contributed by atoms with E-state index in [0.717, 1.165) is 42.4 Å². The van der Waals surface area contributed by atoms with E-state index in [4.69, 9.17) is 4.74 Å². The fourth-order valence-electron chi connectivity index (χ4n) is 3.34. The van der Waals surface area contributed by atoms with E-state index in [-0.39, 0.29) is 17.5 Å². The van der Waals surface area contributed by atoms with Crippen LogP contribution < -0.4 is 10.1 Å². The molecular formula is C22H25FN4O2. The Balaban J connectivity index is 1.54. The van der Waals surface area contributed by atoms with Crippen LogP contribution in [0.15, 0.2) is 30.3 Å². The average molecular weight is 396 g/mol. The Hall–Kier alpha value is -2.96. The number of hydrogen-bond donors (Lipinski definition) is 1. The number of aromatic nitrogens is 3. The number of unbranched alkanes of at least 4 members (excludes halogenated alkanes) is 2. The molecule has 0 saturated heterocycles. The lowest BCUT2D eigenvalue weighted by atomic mass is 10.1. The number of benzene rings is 1. The molecule has 0 bridgehead atoms. The number of nitrogens with one attached hydrogen (secondary N) is 1. The van der Waals surface area contributed by atoms with E-state index in [9.17, 15) is 9.18 Å². The molecule has 0 radical (unpaired) electrons. The van der Waals surface area contributed by atoms with Crippen molar-refractivity contribution in [3.05, 3.63) is 53.2 Å². The number of halogens is 1. The quantitative estimate of drug-likeness (QED) is 0.435. The Morgan fingerprint density at radius 1 is 1.28 bits per heavy atom. The molecule has 0 atom stereocenters. The zero-order valence-corrected chi connectivity index (χ0v) is 16.7. The topological polar surface area (TPSA) is 68.5 Å². The number of amides is 1. The molecule has 1 saturated carbocycles. The minimum Gasteiger partial charge on any atom is -0.494 e. The van der Waals surface area contributed by atoms with Gasteiger partial charge in [-0.3, -0.25) is 4.79 Å². The van der Waals surface area contributed by atoms with E-state index >= 15 is 0 Å². The van der Waals surface area contributed by atoms with Crippen LogP contribution in [-0.2, 0) is 0 Å². The monoisotopic (exact) mass is 396 g/mol. The summed E-state index contributed by atoms with van der Waals surface area (Å²) in [5.41, 5.74) is 2.39. The SMILES string of the molecule is CCCCCOc1ccc(NC(=O)c2c(C3CC3)nn3c(F)cc(C)nc23)cc1. The Morgan fingerprint density at radius 3 is 2.72 bits per heavy atom. The Morgan fingerprint density at radius 2 is 2.03 bits per heavy atom. The second kappa shape index (κ2) is 8.19. The summed E-state index contributed by atoms with van der Waals surface area (Å²) in [5, 5.41) is 7.23. The molecule has 1 aliphatic carbocycles. The number of carbonyl (C=O) groups is 1. The van der Waals surface area contributed by atoms with Crippen molar-refractivity contribution in [3.63, 3.8) is 0 Å². The molecule has 1 aromatic carbocycles. The molecule has 1 amide bonds. The first-order chi connectivity index (χ1) is 14.1. The first kappa shape index (κ1) is 19.4. The highest BCUT2D eigenvalue weighted by atomic mass is 19.1. The molecule has 1 N–H and O–H groups in total. The van der Waals surface area contributed by atoms with Crippen molar-refractivity contribution in [2.75, 3.05) is 11.9 Å². The summed E-state index contributed by atoms with van der Waals surface area (Å²) in [6.07, 6.45) is 5.23. The molecular weight excluding hydrogens is 371 g/mol. The van der Waals surface area contributed by atoms with Crippen molar-refractivity contribution < 1.29 is 13.9 Å². The lowest BCUT2D eigenvalue weighted by molar-refractivity contribution is 0.102. The maximum absolute atomic E-state index is 14.3. The normalized spacial score (nSPS) is 13.6. The molecule has 0 spiro atoms. The van der Waals surface area contributed by atoms with Gasteiger partial charge in [-0.25, -0.2) is 4.98 Å². The van der Waals surface area contributed by atoms with E-state index in [1.807, 2.05) is 12.1 Å². The molecule has 29 heavy (non-hydrogen) atoms. The van der Waals surface area contributed by atoms with Crippen LogP contribution in [0.5, 0.6) is 5.75 Å². The van der Waals surface area contributed by atoms with Crippen molar-refractivity contribution in [3.8, 4) is 5.75 Å². The average Bonchev–Trinajstić information content (AvgIpc) is 3.47. The highest BCUT2D eigenvalue weighted by Gasteiger charge is 2.34. The maximum atomic E-state index is 14.3. The third kappa shape index (κ3) is 4.23. The van der Waals surface area contributed by atoms with Gasteiger partial charge in [-0.05, 0) is 50.5 Å². The molecule has 0 unspecified atom stereocenters. The van der Waals surface area contributed by atoms with Crippen LogP contribution in [0.2, 0.25) is 0 Å². The molecule has 6 nitrogen and oxygen atoms in total. The predicted molar refractivity (Wildman–Crippen MR) is 109 cm³/mol. The number of aryl methyl sites for hydroxylation is 1. The van der Waals surface area contributed by atoms with Crippen LogP contribution >= 0.6 is 0 Å². The molecule has 3 aromatic rings. The highest BCUT2D eigenvalue weighted by Crippen LogP contribution is 2.42. The summed E-state index contributed by atoms with van der Waals surface area (Å²) in [6, 6.07) is 8.59. The van der Waals surface area contributed by atoms with Crippen molar-refractivity contribution in [1.29, 1.82) is 0 Å². The number of rotatable bonds is 8. The van der Waals surface area contributed by atoms with E-state index in [0.29, 0.717) is 29.2 Å². The molecule has 4 rings (SSSR count). The van der Waals surface area contributed by atoms with Gasteiger partial charge in [-0.1, -0.05) is 19.8 Å². The van der Waals surface area contributed by atoms with Crippen molar-refractivity contribution in [2.45, 2.75) is 51.9 Å². The standard InChI is InChI=1S/C22H25FN4O2/c1-3-4-5-12-29-17-10-8-16(9-11-17)25-22(28)19-20(15-6-7-15)26-27-18(23)13-14(2)24-21(19)27/h8-11,13,15H,3-7,12H2,1-2H3,(H,25,28). The summed E-state index contributed by atoms with van der Waals surface area (Å²) in [6.45, 7) is 4.54. The number of anilines is 1. The van der Waals surface area contributed by atoms with Crippen molar-refractivity contribution in [1.82, 2.24) is 14.6 Å². The summed E-state index contributed by atoms with van der Waals surface area (Å²) < 4.78 is 21.2. The molecule has 2 heterocycles. The van der Waals surface area contributed by atoms with E-state index in [2.05, 4.69) is 22.3 Å². The molecule has 1 fully saturated rings. The lowest BCUT2D eigenvalue weighted by Gasteiger charge is -2.08. The van der Waals surface area contributed by atoms with Gasteiger partial charge < -0.3 is 10.1 Å². The number of ether oxygens (including phenoxy) is 1. The van der Waals surface area contributed by atoms with Crippen LogP contribution in [0.4, 0.5) is 10.1 Å². The Bertz CT molecular complexity index is 1030. The van der Waals surface area contributed by atoms with Crippen LogP contribution in [-0.4, -0.2) is 27.1 Å². The van der Waals surface area contributed by atoms with Crippen LogP contribution in [0.1, 0.15) is 66.7 Å². The first-order valence-electron chi connectivity index (χ1n) is 10.2. The highest BCUT2D eigenvalue weighted by molar-refractivity contribution is 6.09. The van der Waals surface area contributed by atoms with Gasteiger partial charge in [0.15, 0.2) is 5.65 Å². The van der Waals surface area contributed by atoms with E-state index in [1.165, 1.54) is 6.07 Å². The summed E-state index contributed by atoms with van der Waals surface area (Å²) in [4.78, 5) is 17.4. The minimum atomic E-state index is -0.516. The number of hydrogen-bond acceptors (Lipinski definition) is 4. The van der Waals surface area contributed by atoms with E-state index in [1.54, 1.807) is 19.1 Å². The Kier molecular flexibility index (Phi) is 5.47. The zero-order valence-electron chi connectivity index (χ0n) is 16.7. The Labute approximate surface area is 169 Å².